The molecule has 1 aliphatic heterocycles. The second-order valence-electron chi connectivity index (χ2n) is 8.12. The van der Waals surface area contributed by atoms with E-state index in [0.29, 0.717) is 31.9 Å². The highest BCUT2D eigenvalue weighted by Crippen LogP contribution is 2.21. The van der Waals surface area contributed by atoms with Crippen molar-refractivity contribution in [2.24, 2.45) is 7.05 Å². The van der Waals surface area contributed by atoms with Gasteiger partial charge in [-0.25, -0.2) is 0 Å². The minimum Gasteiger partial charge on any atom is -0.497 e. The molecular weight excluding hydrogens is 434 g/mol. The molecule has 0 radical (unpaired) electrons. The number of pyridine rings is 1. The Labute approximate surface area is 198 Å². The van der Waals surface area contributed by atoms with Crippen molar-refractivity contribution in [1.82, 2.24) is 9.47 Å². The molecule has 178 valence electrons. The Balaban J connectivity index is 1.39. The van der Waals surface area contributed by atoms with E-state index >= 15 is 0 Å². The largest absolute Gasteiger partial charge is 0.497 e. The van der Waals surface area contributed by atoms with Gasteiger partial charge < -0.3 is 28.6 Å². The number of nitrogens with zero attached hydrogens (tertiary/aromatic N) is 3. The summed E-state index contributed by atoms with van der Waals surface area (Å²) in [5.74, 6) is 1.58. The van der Waals surface area contributed by atoms with Gasteiger partial charge in [-0.05, 0) is 42.0 Å². The van der Waals surface area contributed by atoms with Crippen LogP contribution in [0.5, 0.6) is 17.2 Å². The molecular formula is C26H29N3O5. The second kappa shape index (κ2) is 10.3. The maximum absolute atomic E-state index is 13.1. The molecule has 2 heterocycles. The molecule has 1 fully saturated rings. The number of aryl methyl sites for hydroxylation is 1. The van der Waals surface area contributed by atoms with E-state index in [-0.39, 0.29) is 23.7 Å². The summed E-state index contributed by atoms with van der Waals surface area (Å²) < 4.78 is 17.8. The first-order valence-corrected chi connectivity index (χ1v) is 11.1. The van der Waals surface area contributed by atoms with E-state index < -0.39 is 0 Å². The number of carbonyl (C=O) groups is 1. The van der Waals surface area contributed by atoms with Crippen molar-refractivity contribution in [3.63, 3.8) is 0 Å². The van der Waals surface area contributed by atoms with E-state index in [4.69, 9.17) is 14.2 Å². The zero-order valence-corrected chi connectivity index (χ0v) is 19.7. The minimum atomic E-state index is -0.318. The van der Waals surface area contributed by atoms with Crippen LogP contribution in [0.2, 0.25) is 0 Å². The highest BCUT2D eigenvalue weighted by Gasteiger charge is 2.24. The molecule has 0 unspecified atom stereocenters. The predicted octanol–water partition coefficient (Wildman–Crippen LogP) is 2.94. The van der Waals surface area contributed by atoms with Crippen molar-refractivity contribution in [2.75, 3.05) is 45.3 Å². The van der Waals surface area contributed by atoms with E-state index in [1.165, 1.54) is 6.07 Å². The monoisotopic (exact) mass is 463 g/mol. The van der Waals surface area contributed by atoms with Crippen molar-refractivity contribution in [3.05, 3.63) is 82.3 Å². The molecule has 2 aromatic carbocycles. The quantitative estimate of drug-likeness (QED) is 0.537. The van der Waals surface area contributed by atoms with Crippen LogP contribution in [0.3, 0.4) is 0 Å². The number of ether oxygens (including phenoxy) is 3. The Kier molecular flexibility index (Phi) is 7.06. The first-order chi connectivity index (χ1) is 16.5. The zero-order chi connectivity index (χ0) is 24.1. The SMILES string of the molecule is COc1ccc(N2CCN(C(=O)c3cc(=O)c(OCc4cccc(OC)c4)cn3C)CC2)cc1. The summed E-state index contributed by atoms with van der Waals surface area (Å²) in [6.07, 6.45) is 1.57. The van der Waals surface area contributed by atoms with E-state index in [9.17, 15) is 9.59 Å². The number of amides is 1. The lowest BCUT2D eigenvalue weighted by Crippen LogP contribution is -2.49. The molecule has 0 aliphatic carbocycles. The summed E-state index contributed by atoms with van der Waals surface area (Å²) in [5.41, 5.74) is 2.01. The molecule has 1 aromatic heterocycles. The normalized spacial score (nSPS) is 13.5. The lowest BCUT2D eigenvalue weighted by atomic mass is 10.2. The van der Waals surface area contributed by atoms with Gasteiger partial charge in [0.15, 0.2) is 5.75 Å². The van der Waals surface area contributed by atoms with E-state index in [0.717, 1.165) is 22.7 Å². The van der Waals surface area contributed by atoms with Gasteiger partial charge in [-0.15, -0.1) is 0 Å². The van der Waals surface area contributed by atoms with Crippen molar-refractivity contribution >= 4 is 11.6 Å². The lowest BCUT2D eigenvalue weighted by molar-refractivity contribution is 0.0736. The van der Waals surface area contributed by atoms with Crippen LogP contribution in [0.4, 0.5) is 5.69 Å². The van der Waals surface area contributed by atoms with Crippen LogP contribution in [0.1, 0.15) is 16.1 Å². The predicted molar refractivity (Wildman–Crippen MR) is 130 cm³/mol. The molecule has 1 saturated heterocycles. The topological polar surface area (TPSA) is 73.2 Å². The van der Waals surface area contributed by atoms with Gasteiger partial charge in [0, 0.05) is 45.0 Å². The number of hydrogen-bond acceptors (Lipinski definition) is 6. The smallest absolute Gasteiger partial charge is 0.270 e. The number of carbonyl (C=O) groups excluding carboxylic acids is 1. The molecule has 8 nitrogen and oxygen atoms in total. The standard InChI is InChI=1S/C26H29N3O5/c1-27-17-25(34-18-19-5-4-6-22(15-19)33-3)24(30)16-23(27)26(31)29-13-11-28(12-14-29)20-7-9-21(32-2)10-8-20/h4-10,15-17H,11-14,18H2,1-3H3. The highest BCUT2D eigenvalue weighted by molar-refractivity contribution is 5.92. The summed E-state index contributed by atoms with van der Waals surface area (Å²) in [6.45, 7) is 2.81. The van der Waals surface area contributed by atoms with Gasteiger partial charge >= 0.3 is 0 Å². The fraction of sp³-hybridized carbons (Fsp3) is 0.308. The summed E-state index contributed by atoms with van der Waals surface area (Å²) >= 11 is 0. The average Bonchev–Trinajstić information content (AvgIpc) is 2.88. The molecule has 0 saturated carbocycles. The Morgan fingerprint density at radius 2 is 1.62 bits per heavy atom. The van der Waals surface area contributed by atoms with Crippen molar-refractivity contribution in [3.8, 4) is 17.2 Å². The molecule has 1 amide bonds. The fourth-order valence-electron chi connectivity index (χ4n) is 3.97. The van der Waals surface area contributed by atoms with Crippen LogP contribution >= 0.6 is 0 Å². The molecule has 1 aliphatic rings. The van der Waals surface area contributed by atoms with Crippen LogP contribution in [0.15, 0.2) is 65.6 Å². The second-order valence-corrected chi connectivity index (χ2v) is 8.12. The third-order valence-corrected chi connectivity index (χ3v) is 5.95. The van der Waals surface area contributed by atoms with Crippen molar-refractivity contribution in [1.29, 1.82) is 0 Å². The molecule has 34 heavy (non-hydrogen) atoms. The van der Waals surface area contributed by atoms with Gasteiger partial charge in [0.25, 0.3) is 5.91 Å². The number of methoxy groups -OCH3 is 2. The molecule has 0 spiro atoms. The van der Waals surface area contributed by atoms with Crippen molar-refractivity contribution < 1.29 is 19.0 Å². The summed E-state index contributed by atoms with van der Waals surface area (Å²) in [6, 6.07) is 16.7. The van der Waals surface area contributed by atoms with Gasteiger partial charge in [-0.1, -0.05) is 12.1 Å². The summed E-state index contributed by atoms with van der Waals surface area (Å²) in [5, 5.41) is 0. The Bertz CT molecular complexity index is 1200. The Morgan fingerprint density at radius 3 is 2.29 bits per heavy atom. The first kappa shape index (κ1) is 23.2. The van der Waals surface area contributed by atoms with Gasteiger partial charge in [0.1, 0.15) is 23.8 Å². The van der Waals surface area contributed by atoms with Gasteiger partial charge in [0.05, 0.1) is 20.4 Å². The molecule has 0 atom stereocenters. The molecule has 4 rings (SSSR count). The van der Waals surface area contributed by atoms with Crippen LogP contribution in [-0.4, -0.2) is 55.8 Å². The van der Waals surface area contributed by atoms with E-state index in [2.05, 4.69) is 4.90 Å². The average molecular weight is 464 g/mol. The van der Waals surface area contributed by atoms with Crippen LogP contribution in [-0.2, 0) is 13.7 Å². The number of aromatic nitrogens is 1. The van der Waals surface area contributed by atoms with Gasteiger partial charge in [-0.2, -0.15) is 0 Å². The Hall–Kier alpha value is -3.94. The van der Waals surface area contributed by atoms with Crippen LogP contribution < -0.4 is 24.5 Å². The highest BCUT2D eigenvalue weighted by atomic mass is 16.5. The summed E-state index contributed by atoms with van der Waals surface area (Å²) in [4.78, 5) is 29.8. The zero-order valence-electron chi connectivity index (χ0n) is 19.7. The molecule has 0 N–H and O–H groups in total. The minimum absolute atomic E-state index is 0.159. The maximum Gasteiger partial charge on any atom is 0.270 e. The third-order valence-electron chi connectivity index (χ3n) is 5.95. The van der Waals surface area contributed by atoms with Gasteiger partial charge in [0.2, 0.25) is 5.43 Å². The van der Waals surface area contributed by atoms with Crippen molar-refractivity contribution in [2.45, 2.75) is 6.61 Å². The van der Waals surface area contributed by atoms with E-state index in [1.807, 2.05) is 48.5 Å². The number of anilines is 1. The fourth-order valence-corrected chi connectivity index (χ4v) is 3.97. The lowest BCUT2D eigenvalue weighted by Gasteiger charge is -2.36. The van der Waals surface area contributed by atoms with E-state index in [1.54, 1.807) is 36.9 Å². The number of benzene rings is 2. The summed E-state index contributed by atoms with van der Waals surface area (Å²) in [7, 11) is 5.00. The van der Waals surface area contributed by atoms with Gasteiger partial charge in [-0.3, -0.25) is 9.59 Å². The maximum atomic E-state index is 13.1. The molecule has 8 heteroatoms. The molecule has 0 bridgehead atoms. The first-order valence-electron chi connectivity index (χ1n) is 11.1. The number of rotatable bonds is 7. The van der Waals surface area contributed by atoms with Crippen LogP contribution in [0.25, 0.3) is 0 Å². The number of piperazine rings is 1. The van der Waals surface area contributed by atoms with Crippen LogP contribution in [0, 0.1) is 0 Å². The third kappa shape index (κ3) is 5.17. The Morgan fingerprint density at radius 1 is 0.912 bits per heavy atom. The molecule has 3 aromatic rings. The number of hydrogen-bond donors (Lipinski definition) is 0.